The lowest BCUT2D eigenvalue weighted by Gasteiger charge is -2.18. The fraction of sp³-hybridized carbons (Fsp3) is 0.200. The first kappa shape index (κ1) is 18.8. The minimum Gasteiger partial charge on any atom is -0.371 e. The molecular formula is C20H17ClN6O2S. The molecule has 0 bridgehead atoms. The Morgan fingerprint density at radius 1 is 1.23 bits per heavy atom. The lowest BCUT2D eigenvalue weighted by atomic mass is 10.1. The number of fused-ring (bicyclic) bond motifs is 3. The van der Waals surface area contributed by atoms with Gasteiger partial charge in [-0.15, -0.1) is 0 Å². The molecule has 0 atom stereocenters. The van der Waals surface area contributed by atoms with Gasteiger partial charge in [-0.25, -0.2) is 4.98 Å². The zero-order valence-corrected chi connectivity index (χ0v) is 17.4. The molecule has 2 amide bonds. The number of halogens is 1. The van der Waals surface area contributed by atoms with Gasteiger partial charge in [0.05, 0.1) is 32.5 Å². The number of aromatic nitrogens is 3. The van der Waals surface area contributed by atoms with Gasteiger partial charge in [0.2, 0.25) is 0 Å². The van der Waals surface area contributed by atoms with Gasteiger partial charge in [0, 0.05) is 18.1 Å². The van der Waals surface area contributed by atoms with Gasteiger partial charge < -0.3 is 10.6 Å². The summed E-state index contributed by atoms with van der Waals surface area (Å²) in [7, 11) is 1.55. The Morgan fingerprint density at radius 3 is 2.83 bits per heavy atom. The molecule has 8 nitrogen and oxygen atoms in total. The SMILES string of the molecule is CNC(=O)c1cc(NC2(C(=O)Nc3nc4ccc5[nH]ncc5c4s3)CC2)ccc1Cl. The Balaban J connectivity index is 1.37. The Kier molecular flexibility index (Phi) is 4.37. The quantitative estimate of drug-likeness (QED) is 0.377. The van der Waals surface area contributed by atoms with Crippen LogP contribution in [0.5, 0.6) is 0 Å². The third kappa shape index (κ3) is 3.16. The number of rotatable bonds is 5. The number of anilines is 2. The normalized spacial score (nSPS) is 14.6. The molecule has 0 unspecified atom stereocenters. The molecule has 1 saturated carbocycles. The second kappa shape index (κ2) is 6.96. The maximum atomic E-state index is 13.0. The number of nitrogens with one attached hydrogen (secondary N) is 4. The molecule has 0 saturated heterocycles. The van der Waals surface area contributed by atoms with Crippen molar-refractivity contribution in [3.8, 4) is 0 Å². The van der Waals surface area contributed by atoms with Crippen molar-refractivity contribution >= 4 is 66.7 Å². The zero-order chi connectivity index (χ0) is 20.9. The first-order chi connectivity index (χ1) is 14.5. The predicted molar refractivity (Wildman–Crippen MR) is 118 cm³/mol. The van der Waals surface area contributed by atoms with Gasteiger partial charge in [0.1, 0.15) is 5.54 Å². The molecule has 0 aliphatic heterocycles. The summed E-state index contributed by atoms with van der Waals surface area (Å²) in [4.78, 5) is 29.5. The number of nitrogens with zero attached hydrogens (tertiary/aromatic N) is 2. The number of amides is 2. The van der Waals surface area contributed by atoms with Crippen LogP contribution in [0.15, 0.2) is 36.5 Å². The summed E-state index contributed by atoms with van der Waals surface area (Å²) < 4.78 is 0.974. The smallest absolute Gasteiger partial charge is 0.252 e. The van der Waals surface area contributed by atoms with Crippen LogP contribution in [0.3, 0.4) is 0 Å². The second-order valence-electron chi connectivity index (χ2n) is 7.20. The van der Waals surface area contributed by atoms with E-state index in [0.29, 0.717) is 34.2 Å². The second-order valence-corrected chi connectivity index (χ2v) is 8.61. The fourth-order valence-electron chi connectivity index (χ4n) is 3.40. The molecule has 0 spiro atoms. The number of hydrogen-bond acceptors (Lipinski definition) is 6. The van der Waals surface area contributed by atoms with Crippen molar-refractivity contribution in [2.75, 3.05) is 17.7 Å². The molecule has 2 aromatic carbocycles. The van der Waals surface area contributed by atoms with Gasteiger partial charge in [-0.2, -0.15) is 5.10 Å². The molecule has 4 aromatic rings. The molecule has 1 aliphatic rings. The van der Waals surface area contributed by atoms with E-state index in [4.69, 9.17) is 11.6 Å². The van der Waals surface area contributed by atoms with Gasteiger partial charge in [0.15, 0.2) is 5.13 Å². The third-order valence-electron chi connectivity index (χ3n) is 5.20. The number of aromatic amines is 1. The fourth-order valence-corrected chi connectivity index (χ4v) is 4.57. The average molecular weight is 441 g/mol. The van der Waals surface area contributed by atoms with Gasteiger partial charge in [-0.3, -0.25) is 20.0 Å². The summed E-state index contributed by atoms with van der Waals surface area (Å²) in [6.07, 6.45) is 3.14. The van der Waals surface area contributed by atoms with E-state index >= 15 is 0 Å². The highest BCUT2D eigenvalue weighted by Crippen LogP contribution is 2.41. The molecule has 152 valence electrons. The van der Waals surface area contributed by atoms with E-state index < -0.39 is 5.54 Å². The van der Waals surface area contributed by atoms with Crippen LogP contribution in [0.1, 0.15) is 23.2 Å². The van der Waals surface area contributed by atoms with Crippen molar-refractivity contribution < 1.29 is 9.59 Å². The Bertz CT molecular complexity index is 1310. The minimum absolute atomic E-state index is 0.151. The molecule has 1 aliphatic carbocycles. The highest BCUT2D eigenvalue weighted by atomic mass is 35.5. The standard InChI is InChI=1S/C20H17ClN6O2S/c1-22-17(28)11-8-10(2-3-13(11)21)26-20(6-7-20)18(29)25-19-24-15-5-4-14-12(9-23-27-14)16(15)30-19/h2-5,8-9,26H,6-7H2,1H3,(H,22,28)(H,23,27)(H,24,25,29). The van der Waals surface area contributed by atoms with Crippen molar-refractivity contribution in [1.29, 1.82) is 0 Å². The topological polar surface area (TPSA) is 112 Å². The van der Waals surface area contributed by atoms with Crippen molar-refractivity contribution in [1.82, 2.24) is 20.5 Å². The Morgan fingerprint density at radius 2 is 2.07 bits per heavy atom. The average Bonchev–Trinajstić information content (AvgIpc) is 3.17. The summed E-state index contributed by atoms with van der Waals surface area (Å²) in [5.41, 5.74) is 2.04. The third-order valence-corrected chi connectivity index (χ3v) is 6.55. The molecule has 2 aromatic heterocycles. The number of hydrogen-bond donors (Lipinski definition) is 4. The Labute approximate surface area is 180 Å². The van der Waals surface area contributed by atoms with E-state index in [1.54, 1.807) is 31.4 Å². The van der Waals surface area contributed by atoms with Crippen LogP contribution in [0.2, 0.25) is 5.02 Å². The van der Waals surface area contributed by atoms with Crippen LogP contribution < -0.4 is 16.0 Å². The first-order valence-electron chi connectivity index (χ1n) is 9.33. The van der Waals surface area contributed by atoms with Gasteiger partial charge in [-0.05, 0) is 43.2 Å². The number of carbonyl (C=O) groups excluding carboxylic acids is 2. The van der Waals surface area contributed by atoms with Crippen molar-refractivity contribution in [3.63, 3.8) is 0 Å². The van der Waals surface area contributed by atoms with Crippen molar-refractivity contribution in [3.05, 3.63) is 47.1 Å². The summed E-state index contributed by atoms with van der Waals surface area (Å²) in [6, 6.07) is 8.88. The molecule has 2 heterocycles. The van der Waals surface area contributed by atoms with Gasteiger partial charge in [0.25, 0.3) is 11.8 Å². The minimum atomic E-state index is -0.726. The maximum absolute atomic E-state index is 13.0. The summed E-state index contributed by atoms with van der Waals surface area (Å²) in [5, 5.41) is 17.7. The molecule has 4 N–H and O–H groups in total. The highest BCUT2D eigenvalue weighted by molar-refractivity contribution is 7.23. The van der Waals surface area contributed by atoms with E-state index in [1.807, 2.05) is 12.1 Å². The monoisotopic (exact) mass is 440 g/mol. The van der Waals surface area contributed by atoms with Crippen LogP contribution >= 0.6 is 22.9 Å². The number of H-pyrrole nitrogens is 1. The molecule has 1 fully saturated rings. The Hall–Kier alpha value is -3.17. The van der Waals surface area contributed by atoms with Crippen LogP contribution in [0.25, 0.3) is 21.1 Å². The van der Waals surface area contributed by atoms with Crippen LogP contribution in [-0.4, -0.2) is 39.6 Å². The molecular weight excluding hydrogens is 424 g/mol. The highest BCUT2D eigenvalue weighted by Gasteiger charge is 2.50. The summed E-state index contributed by atoms with van der Waals surface area (Å²) >= 11 is 7.54. The van der Waals surface area contributed by atoms with Gasteiger partial charge in [-0.1, -0.05) is 22.9 Å². The van der Waals surface area contributed by atoms with Crippen LogP contribution in [0.4, 0.5) is 10.8 Å². The molecule has 0 radical (unpaired) electrons. The van der Waals surface area contributed by atoms with Gasteiger partial charge >= 0.3 is 0 Å². The summed E-state index contributed by atoms with van der Waals surface area (Å²) in [5.74, 6) is -0.431. The van der Waals surface area contributed by atoms with Crippen molar-refractivity contribution in [2.45, 2.75) is 18.4 Å². The largest absolute Gasteiger partial charge is 0.371 e. The lowest BCUT2D eigenvalue weighted by molar-refractivity contribution is -0.117. The van der Waals surface area contributed by atoms with Crippen molar-refractivity contribution in [2.24, 2.45) is 0 Å². The van der Waals surface area contributed by atoms with E-state index in [-0.39, 0.29) is 11.8 Å². The molecule has 5 rings (SSSR count). The van der Waals surface area contributed by atoms with E-state index in [9.17, 15) is 9.59 Å². The predicted octanol–water partition coefficient (Wildman–Crippen LogP) is 3.77. The molecule has 10 heteroatoms. The van der Waals surface area contributed by atoms with E-state index in [2.05, 4.69) is 31.1 Å². The van der Waals surface area contributed by atoms with E-state index in [1.165, 1.54) is 11.3 Å². The number of carbonyl (C=O) groups is 2. The number of thiazole rings is 1. The maximum Gasteiger partial charge on any atom is 0.252 e. The first-order valence-corrected chi connectivity index (χ1v) is 10.5. The van der Waals surface area contributed by atoms with Crippen LogP contribution in [0, 0.1) is 0 Å². The van der Waals surface area contributed by atoms with E-state index in [0.717, 1.165) is 21.1 Å². The lowest BCUT2D eigenvalue weighted by Crippen LogP contribution is -2.37. The van der Waals surface area contributed by atoms with Crippen LogP contribution in [-0.2, 0) is 4.79 Å². The molecule has 30 heavy (non-hydrogen) atoms. The number of benzene rings is 2. The summed E-state index contributed by atoms with van der Waals surface area (Å²) in [6.45, 7) is 0. The zero-order valence-electron chi connectivity index (χ0n) is 15.9.